The lowest BCUT2D eigenvalue weighted by molar-refractivity contribution is 0.440. The number of piperidine rings is 1. The van der Waals surface area contributed by atoms with E-state index in [0.717, 1.165) is 24.3 Å². The Morgan fingerprint density at radius 3 is 3.00 bits per heavy atom. The van der Waals surface area contributed by atoms with Crippen LogP contribution in [-0.2, 0) is 7.05 Å². The largest absolute Gasteiger partial charge is 0.316 e. The fraction of sp³-hybridized carbons (Fsp3) is 0.467. The predicted octanol–water partition coefficient (Wildman–Crippen LogP) is 2.26. The lowest BCUT2D eigenvalue weighted by atomic mass is 9.92. The van der Waals surface area contributed by atoms with Gasteiger partial charge in [0.1, 0.15) is 0 Å². The van der Waals surface area contributed by atoms with Crippen LogP contribution in [-0.4, -0.2) is 27.9 Å². The minimum atomic E-state index is 0.580. The van der Waals surface area contributed by atoms with Crippen molar-refractivity contribution in [2.75, 3.05) is 13.1 Å². The number of hydrogen-bond acceptors (Lipinski definition) is 3. The number of hydrogen-bond donors (Lipinski definition) is 1. The molecule has 0 aliphatic carbocycles. The first-order valence-electron chi connectivity index (χ1n) is 6.92. The zero-order chi connectivity index (χ0) is 13.2. The Bertz CT molecular complexity index is 553. The first-order chi connectivity index (χ1) is 9.27. The first kappa shape index (κ1) is 12.4. The second-order valence-corrected chi connectivity index (χ2v) is 5.27. The van der Waals surface area contributed by atoms with Crippen molar-refractivity contribution >= 4 is 0 Å². The fourth-order valence-corrected chi connectivity index (χ4v) is 3.08. The van der Waals surface area contributed by atoms with Crippen molar-refractivity contribution in [2.24, 2.45) is 7.05 Å². The highest BCUT2D eigenvalue weighted by atomic mass is 15.3. The Hall–Kier alpha value is -1.68. The third-order valence-electron chi connectivity index (χ3n) is 3.96. The molecular weight excluding hydrogens is 236 g/mol. The summed E-state index contributed by atoms with van der Waals surface area (Å²) in [6.07, 6.45) is 6.18. The monoisotopic (exact) mass is 256 g/mol. The number of nitrogens with zero attached hydrogens (tertiary/aromatic N) is 3. The molecule has 0 radical (unpaired) electrons. The van der Waals surface area contributed by atoms with Gasteiger partial charge in [-0.3, -0.25) is 9.67 Å². The predicted molar refractivity (Wildman–Crippen MR) is 76.0 cm³/mol. The third-order valence-corrected chi connectivity index (χ3v) is 3.96. The quantitative estimate of drug-likeness (QED) is 0.896. The number of nitrogens with one attached hydrogen (secondary N) is 1. The molecule has 1 unspecified atom stereocenters. The molecule has 0 amide bonds. The van der Waals surface area contributed by atoms with E-state index in [1.165, 1.54) is 24.1 Å². The van der Waals surface area contributed by atoms with Crippen molar-refractivity contribution in [3.8, 4) is 11.3 Å². The number of aryl methyl sites for hydroxylation is 1. The summed E-state index contributed by atoms with van der Waals surface area (Å²) in [5, 5.41) is 8.19. The summed E-state index contributed by atoms with van der Waals surface area (Å²) < 4.78 is 2.05. The van der Waals surface area contributed by atoms with Gasteiger partial charge in [0, 0.05) is 43.2 Å². The van der Waals surface area contributed by atoms with Gasteiger partial charge in [-0.05, 0) is 44.0 Å². The average molecular weight is 256 g/mol. The molecule has 2 aromatic rings. The molecule has 1 saturated heterocycles. The Morgan fingerprint density at radius 1 is 1.42 bits per heavy atom. The van der Waals surface area contributed by atoms with Crippen molar-refractivity contribution in [3.05, 3.63) is 35.8 Å². The fourth-order valence-electron chi connectivity index (χ4n) is 3.08. The Kier molecular flexibility index (Phi) is 3.34. The molecular formula is C15H20N4. The van der Waals surface area contributed by atoms with Crippen LogP contribution in [0.5, 0.6) is 0 Å². The highest BCUT2D eigenvalue weighted by molar-refractivity contribution is 5.63. The maximum atomic E-state index is 4.70. The van der Waals surface area contributed by atoms with Crippen LogP contribution in [0.3, 0.4) is 0 Å². The van der Waals surface area contributed by atoms with Gasteiger partial charge in [-0.1, -0.05) is 0 Å². The number of pyridine rings is 1. The smallest absolute Gasteiger partial charge is 0.0970 e. The van der Waals surface area contributed by atoms with Gasteiger partial charge < -0.3 is 5.32 Å². The summed E-state index contributed by atoms with van der Waals surface area (Å²) in [5.74, 6) is 0.580. The highest BCUT2D eigenvalue weighted by Gasteiger charge is 2.23. The second kappa shape index (κ2) is 5.13. The van der Waals surface area contributed by atoms with Crippen LogP contribution in [0.2, 0.25) is 0 Å². The molecule has 2 aromatic heterocycles. The zero-order valence-corrected chi connectivity index (χ0v) is 11.6. The molecule has 100 valence electrons. The highest BCUT2D eigenvalue weighted by Crippen LogP contribution is 2.31. The summed E-state index contributed by atoms with van der Waals surface area (Å²) in [6, 6.07) is 4.04. The van der Waals surface area contributed by atoms with Gasteiger partial charge in [-0.2, -0.15) is 5.10 Å². The number of rotatable bonds is 2. The maximum Gasteiger partial charge on any atom is 0.0970 e. The summed E-state index contributed by atoms with van der Waals surface area (Å²) in [7, 11) is 2.05. The molecule has 1 aliphatic rings. The molecule has 0 spiro atoms. The van der Waals surface area contributed by atoms with E-state index in [1.54, 1.807) is 6.20 Å². The van der Waals surface area contributed by atoms with E-state index in [-0.39, 0.29) is 0 Å². The lowest BCUT2D eigenvalue weighted by Gasteiger charge is -2.23. The van der Waals surface area contributed by atoms with Crippen LogP contribution in [0, 0.1) is 6.92 Å². The Labute approximate surface area is 113 Å². The van der Waals surface area contributed by atoms with E-state index in [0.29, 0.717) is 5.92 Å². The van der Waals surface area contributed by atoms with Crippen LogP contribution in [0.4, 0.5) is 0 Å². The minimum Gasteiger partial charge on any atom is -0.316 e. The van der Waals surface area contributed by atoms with Crippen LogP contribution >= 0.6 is 0 Å². The standard InChI is InChI=1S/C15H20N4/c1-11-14(12-5-3-7-16-9-12)18-19(2)15(11)13-6-4-8-17-10-13/h3,5,7,9,13,17H,4,6,8,10H2,1-2H3. The third kappa shape index (κ3) is 2.28. The van der Waals surface area contributed by atoms with E-state index in [2.05, 4.69) is 35.0 Å². The molecule has 0 bridgehead atoms. The summed E-state index contributed by atoms with van der Waals surface area (Å²) in [5.41, 5.74) is 4.83. The van der Waals surface area contributed by atoms with Crippen LogP contribution in [0.1, 0.15) is 30.0 Å². The molecule has 1 N–H and O–H groups in total. The van der Waals surface area contributed by atoms with Crippen LogP contribution < -0.4 is 5.32 Å². The minimum absolute atomic E-state index is 0.580. The Morgan fingerprint density at radius 2 is 2.32 bits per heavy atom. The lowest BCUT2D eigenvalue weighted by Crippen LogP contribution is -2.29. The van der Waals surface area contributed by atoms with Crippen LogP contribution in [0.15, 0.2) is 24.5 Å². The topological polar surface area (TPSA) is 42.7 Å². The van der Waals surface area contributed by atoms with Crippen molar-refractivity contribution in [1.29, 1.82) is 0 Å². The van der Waals surface area contributed by atoms with Crippen molar-refractivity contribution in [2.45, 2.75) is 25.7 Å². The molecule has 4 nitrogen and oxygen atoms in total. The molecule has 3 heterocycles. The average Bonchev–Trinajstić information content (AvgIpc) is 2.76. The van der Waals surface area contributed by atoms with Gasteiger partial charge in [0.05, 0.1) is 5.69 Å². The molecule has 0 aromatic carbocycles. The second-order valence-electron chi connectivity index (χ2n) is 5.27. The summed E-state index contributed by atoms with van der Waals surface area (Å²) >= 11 is 0. The number of aromatic nitrogens is 3. The molecule has 1 fully saturated rings. The van der Waals surface area contributed by atoms with Crippen molar-refractivity contribution < 1.29 is 0 Å². The molecule has 0 saturated carbocycles. The van der Waals surface area contributed by atoms with E-state index in [4.69, 9.17) is 5.10 Å². The van der Waals surface area contributed by atoms with E-state index >= 15 is 0 Å². The summed E-state index contributed by atoms with van der Waals surface area (Å²) in [6.45, 7) is 4.38. The van der Waals surface area contributed by atoms with Crippen molar-refractivity contribution in [1.82, 2.24) is 20.1 Å². The molecule has 19 heavy (non-hydrogen) atoms. The normalized spacial score (nSPS) is 19.6. The van der Waals surface area contributed by atoms with Gasteiger partial charge in [-0.15, -0.1) is 0 Å². The first-order valence-corrected chi connectivity index (χ1v) is 6.92. The van der Waals surface area contributed by atoms with Crippen molar-refractivity contribution in [3.63, 3.8) is 0 Å². The SMILES string of the molecule is Cc1c(-c2cccnc2)nn(C)c1C1CCCNC1. The van der Waals surface area contributed by atoms with Crippen LogP contribution in [0.25, 0.3) is 11.3 Å². The Balaban J connectivity index is 2.00. The van der Waals surface area contributed by atoms with E-state index < -0.39 is 0 Å². The molecule has 1 aliphatic heterocycles. The van der Waals surface area contributed by atoms with Gasteiger partial charge >= 0.3 is 0 Å². The van der Waals surface area contributed by atoms with Gasteiger partial charge in [0.2, 0.25) is 0 Å². The summed E-state index contributed by atoms with van der Waals surface area (Å²) in [4.78, 5) is 4.19. The molecule has 3 rings (SSSR count). The van der Waals surface area contributed by atoms with Gasteiger partial charge in [0.15, 0.2) is 0 Å². The van der Waals surface area contributed by atoms with Gasteiger partial charge in [0.25, 0.3) is 0 Å². The van der Waals surface area contributed by atoms with Gasteiger partial charge in [-0.25, -0.2) is 0 Å². The zero-order valence-electron chi connectivity index (χ0n) is 11.6. The molecule has 4 heteroatoms. The molecule has 1 atom stereocenters. The van der Waals surface area contributed by atoms with E-state index in [1.807, 2.05) is 12.3 Å². The van der Waals surface area contributed by atoms with E-state index in [9.17, 15) is 0 Å². The maximum absolute atomic E-state index is 4.70.